The maximum atomic E-state index is 11.5. The number of ether oxygens (including phenoxy) is 1. The monoisotopic (exact) mass is 232 g/mol. The Morgan fingerprint density at radius 3 is 2.31 bits per heavy atom. The van der Waals surface area contributed by atoms with E-state index >= 15 is 0 Å². The zero-order chi connectivity index (χ0) is 12.9. The van der Waals surface area contributed by atoms with Crippen LogP contribution in [0.5, 0.6) is 0 Å². The number of carboxylic acids is 1. The number of hydrogen-bond acceptors (Lipinski definition) is 5. The van der Waals surface area contributed by atoms with Gasteiger partial charge in [-0.1, -0.05) is 0 Å². The molecule has 94 valence electrons. The Morgan fingerprint density at radius 2 is 1.94 bits per heavy atom. The van der Waals surface area contributed by atoms with Gasteiger partial charge >= 0.3 is 11.9 Å². The quantitative estimate of drug-likeness (QED) is 0.631. The van der Waals surface area contributed by atoms with Gasteiger partial charge in [0.15, 0.2) is 0 Å². The van der Waals surface area contributed by atoms with Gasteiger partial charge in [0, 0.05) is 6.54 Å². The first-order chi connectivity index (χ1) is 7.11. The molecule has 3 N–H and O–H groups in total. The SMILES string of the molecule is CN(CC(=O)O)C[C@H](N)C(=O)OC(C)(C)C. The summed E-state index contributed by atoms with van der Waals surface area (Å²) in [6, 6.07) is -0.830. The Kier molecular flexibility index (Phi) is 5.40. The summed E-state index contributed by atoms with van der Waals surface area (Å²) in [5, 5.41) is 8.52. The molecule has 0 unspecified atom stereocenters. The molecule has 0 saturated heterocycles. The van der Waals surface area contributed by atoms with Crippen LogP contribution in [0.15, 0.2) is 0 Å². The van der Waals surface area contributed by atoms with Crippen molar-refractivity contribution >= 4 is 11.9 Å². The van der Waals surface area contributed by atoms with Crippen molar-refractivity contribution in [2.75, 3.05) is 20.1 Å². The fourth-order valence-corrected chi connectivity index (χ4v) is 1.08. The molecule has 0 aromatic heterocycles. The second kappa shape index (κ2) is 5.81. The first-order valence-electron chi connectivity index (χ1n) is 5.00. The molecule has 0 aliphatic heterocycles. The molecule has 0 aromatic carbocycles. The number of esters is 1. The van der Waals surface area contributed by atoms with Gasteiger partial charge < -0.3 is 15.6 Å². The van der Waals surface area contributed by atoms with Crippen LogP contribution in [0.1, 0.15) is 20.8 Å². The van der Waals surface area contributed by atoms with Crippen LogP contribution in [-0.4, -0.2) is 53.7 Å². The van der Waals surface area contributed by atoms with Crippen molar-refractivity contribution in [1.29, 1.82) is 0 Å². The third-order valence-electron chi connectivity index (χ3n) is 1.62. The lowest BCUT2D eigenvalue weighted by Crippen LogP contribution is -2.45. The lowest BCUT2D eigenvalue weighted by molar-refractivity contribution is -0.157. The number of rotatable bonds is 5. The van der Waals surface area contributed by atoms with Crippen molar-refractivity contribution in [2.45, 2.75) is 32.4 Å². The predicted molar refractivity (Wildman–Crippen MR) is 59.0 cm³/mol. The number of aliphatic carboxylic acids is 1. The summed E-state index contributed by atoms with van der Waals surface area (Å²) < 4.78 is 5.07. The fourth-order valence-electron chi connectivity index (χ4n) is 1.08. The van der Waals surface area contributed by atoms with Crippen LogP contribution in [0.4, 0.5) is 0 Å². The average molecular weight is 232 g/mol. The summed E-state index contributed by atoms with van der Waals surface area (Å²) in [5.41, 5.74) is 5.01. The third kappa shape index (κ3) is 7.19. The number of likely N-dealkylation sites (N-methyl/N-ethyl adjacent to an activating group) is 1. The highest BCUT2D eigenvalue weighted by molar-refractivity contribution is 5.76. The number of hydrogen-bond donors (Lipinski definition) is 2. The summed E-state index contributed by atoms with van der Waals surface area (Å²) in [5.74, 6) is -1.48. The summed E-state index contributed by atoms with van der Waals surface area (Å²) in [6.45, 7) is 5.24. The van der Waals surface area contributed by atoms with Gasteiger partial charge in [-0.3, -0.25) is 14.5 Å². The number of nitrogens with two attached hydrogens (primary N) is 1. The summed E-state index contributed by atoms with van der Waals surface area (Å²) in [7, 11) is 1.58. The summed E-state index contributed by atoms with van der Waals surface area (Å²) in [6.07, 6.45) is 0. The van der Waals surface area contributed by atoms with E-state index in [1.54, 1.807) is 27.8 Å². The van der Waals surface area contributed by atoms with Crippen molar-refractivity contribution < 1.29 is 19.4 Å². The van der Waals surface area contributed by atoms with Gasteiger partial charge in [0.05, 0.1) is 6.54 Å². The zero-order valence-electron chi connectivity index (χ0n) is 10.2. The predicted octanol–water partition coefficient (Wildman–Crippen LogP) is -0.328. The number of carboxylic acid groups (broad SMARTS) is 1. The van der Waals surface area contributed by atoms with E-state index in [4.69, 9.17) is 15.6 Å². The average Bonchev–Trinajstić information content (AvgIpc) is 1.98. The molecule has 0 heterocycles. The van der Waals surface area contributed by atoms with Gasteiger partial charge in [-0.25, -0.2) is 0 Å². The van der Waals surface area contributed by atoms with Crippen LogP contribution >= 0.6 is 0 Å². The molecule has 0 aliphatic carbocycles. The topological polar surface area (TPSA) is 92.9 Å². The molecule has 1 atom stereocenters. The second-order valence-electron chi connectivity index (χ2n) is 4.73. The molecule has 0 spiro atoms. The van der Waals surface area contributed by atoms with Crippen molar-refractivity contribution in [3.63, 3.8) is 0 Å². The minimum atomic E-state index is -0.959. The lowest BCUT2D eigenvalue weighted by atomic mass is 10.2. The van der Waals surface area contributed by atoms with E-state index < -0.39 is 23.6 Å². The van der Waals surface area contributed by atoms with Crippen LogP contribution in [0.2, 0.25) is 0 Å². The van der Waals surface area contributed by atoms with E-state index in [0.29, 0.717) is 0 Å². The van der Waals surface area contributed by atoms with Crippen LogP contribution < -0.4 is 5.73 Å². The van der Waals surface area contributed by atoms with Crippen LogP contribution in [0, 0.1) is 0 Å². The highest BCUT2D eigenvalue weighted by Crippen LogP contribution is 2.08. The molecular weight excluding hydrogens is 212 g/mol. The minimum absolute atomic E-state index is 0.154. The Labute approximate surface area is 95.4 Å². The largest absolute Gasteiger partial charge is 0.480 e. The molecule has 0 aromatic rings. The van der Waals surface area contributed by atoms with Gasteiger partial charge in [0.2, 0.25) is 0 Å². The maximum Gasteiger partial charge on any atom is 0.324 e. The smallest absolute Gasteiger partial charge is 0.324 e. The van der Waals surface area contributed by atoms with Gasteiger partial charge in [-0.2, -0.15) is 0 Å². The molecule has 0 saturated carbocycles. The summed E-state index contributed by atoms with van der Waals surface area (Å²) >= 11 is 0. The standard InChI is InChI=1S/C10H20N2O4/c1-10(2,3)16-9(15)7(11)5-12(4)6-8(13)14/h7H,5-6,11H2,1-4H3,(H,13,14)/t7-/m0/s1. The lowest BCUT2D eigenvalue weighted by Gasteiger charge is -2.24. The third-order valence-corrected chi connectivity index (χ3v) is 1.62. The number of nitrogens with zero attached hydrogens (tertiary/aromatic N) is 1. The van der Waals surface area contributed by atoms with Gasteiger partial charge in [-0.05, 0) is 27.8 Å². The van der Waals surface area contributed by atoms with Crippen molar-refractivity contribution in [2.24, 2.45) is 5.73 Å². The van der Waals surface area contributed by atoms with E-state index in [1.165, 1.54) is 4.90 Å². The Hall–Kier alpha value is -1.14. The van der Waals surface area contributed by atoms with Crippen LogP contribution in [-0.2, 0) is 14.3 Å². The maximum absolute atomic E-state index is 11.5. The molecule has 0 bridgehead atoms. The van der Waals surface area contributed by atoms with Gasteiger partial charge in [0.1, 0.15) is 11.6 Å². The highest BCUT2D eigenvalue weighted by atomic mass is 16.6. The van der Waals surface area contributed by atoms with Crippen molar-refractivity contribution in [3.8, 4) is 0 Å². The van der Waals surface area contributed by atoms with E-state index in [1.807, 2.05) is 0 Å². The molecule has 0 fully saturated rings. The summed E-state index contributed by atoms with van der Waals surface area (Å²) in [4.78, 5) is 23.3. The molecule has 0 aliphatic rings. The van der Waals surface area contributed by atoms with Crippen LogP contribution in [0.25, 0.3) is 0 Å². The Balaban J connectivity index is 4.10. The molecule has 0 amide bonds. The molecule has 6 heteroatoms. The molecular formula is C10H20N2O4. The number of carbonyl (C=O) groups excluding carboxylic acids is 1. The van der Waals surface area contributed by atoms with E-state index in [0.717, 1.165) is 0 Å². The fraction of sp³-hybridized carbons (Fsp3) is 0.800. The molecule has 0 radical (unpaired) electrons. The van der Waals surface area contributed by atoms with Crippen molar-refractivity contribution in [3.05, 3.63) is 0 Å². The minimum Gasteiger partial charge on any atom is -0.480 e. The van der Waals surface area contributed by atoms with E-state index in [2.05, 4.69) is 0 Å². The Morgan fingerprint density at radius 1 is 1.44 bits per heavy atom. The second-order valence-corrected chi connectivity index (χ2v) is 4.73. The first-order valence-corrected chi connectivity index (χ1v) is 5.00. The van der Waals surface area contributed by atoms with Gasteiger partial charge in [0.25, 0.3) is 0 Å². The molecule has 16 heavy (non-hydrogen) atoms. The Bertz CT molecular complexity index is 260. The molecule has 0 rings (SSSR count). The van der Waals surface area contributed by atoms with Gasteiger partial charge in [-0.15, -0.1) is 0 Å². The zero-order valence-corrected chi connectivity index (χ0v) is 10.2. The highest BCUT2D eigenvalue weighted by Gasteiger charge is 2.23. The number of carbonyl (C=O) groups is 2. The van der Waals surface area contributed by atoms with E-state index in [-0.39, 0.29) is 13.1 Å². The van der Waals surface area contributed by atoms with E-state index in [9.17, 15) is 9.59 Å². The van der Waals surface area contributed by atoms with Crippen molar-refractivity contribution in [1.82, 2.24) is 4.90 Å². The van der Waals surface area contributed by atoms with Crippen LogP contribution in [0.3, 0.4) is 0 Å². The first kappa shape index (κ1) is 14.9. The molecule has 6 nitrogen and oxygen atoms in total. The normalized spacial score (nSPS) is 13.6.